The first-order valence-electron chi connectivity index (χ1n) is 7.59. The fraction of sp³-hybridized carbons (Fsp3) is 0.0526. The number of nitrogens with one attached hydrogen (secondary N) is 1. The maximum absolute atomic E-state index is 12.6. The smallest absolute Gasteiger partial charge is 0.261 e. The molecule has 0 radical (unpaired) electrons. The lowest BCUT2D eigenvalue weighted by Gasteiger charge is -2.08. The first-order chi connectivity index (χ1) is 12.2. The first-order valence-corrected chi connectivity index (χ1v) is 8.78. The highest BCUT2D eigenvalue weighted by molar-refractivity contribution is 7.22. The second-order valence-corrected chi connectivity index (χ2v) is 6.92. The molecule has 1 amide bonds. The number of carbonyl (C=O) groups excluding carboxylic acids is 1. The zero-order chi connectivity index (χ0) is 17.4. The number of halogens is 1. The van der Waals surface area contributed by atoms with Gasteiger partial charge in [0.1, 0.15) is 5.75 Å². The van der Waals surface area contributed by atoms with E-state index < -0.39 is 0 Å². The minimum absolute atomic E-state index is 0.303. The summed E-state index contributed by atoms with van der Waals surface area (Å²) in [6, 6.07) is 17.1. The van der Waals surface area contributed by atoms with Gasteiger partial charge in [0.2, 0.25) is 0 Å². The Bertz CT molecular complexity index is 1110. The highest BCUT2D eigenvalue weighted by atomic mass is 35.5. The van der Waals surface area contributed by atoms with Crippen molar-refractivity contribution in [3.8, 4) is 5.75 Å². The Hall–Kier alpha value is -2.63. The summed E-state index contributed by atoms with van der Waals surface area (Å²) in [6.45, 7) is 0. The molecule has 0 fully saturated rings. The van der Waals surface area contributed by atoms with E-state index in [9.17, 15) is 4.79 Å². The van der Waals surface area contributed by atoms with Crippen LogP contribution in [0.1, 0.15) is 10.4 Å². The number of fused-ring (bicyclic) bond motifs is 3. The van der Waals surface area contributed by atoms with E-state index in [1.54, 1.807) is 18.2 Å². The van der Waals surface area contributed by atoms with Crippen LogP contribution in [0.15, 0.2) is 54.6 Å². The molecule has 0 saturated heterocycles. The maximum Gasteiger partial charge on any atom is 0.261 e. The molecule has 4 rings (SSSR count). The number of hydrogen-bond acceptors (Lipinski definition) is 4. The molecule has 25 heavy (non-hydrogen) atoms. The van der Waals surface area contributed by atoms with Crippen LogP contribution in [-0.2, 0) is 0 Å². The number of benzene rings is 3. The Morgan fingerprint density at radius 2 is 2.00 bits per heavy atom. The van der Waals surface area contributed by atoms with Gasteiger partial charge in [-0.2, -0.15) is 0 Å². The molecule has 0 aliphatic heterocycles. The minimum atomic E-state index is -0.303. The van der Waals surface area contributed by atoms with Gasteiger partial charge in [0.25, 0.3) is 5.91 Å². The van der Waals surface area contributed by atoms with E-state index in [0.29, 0.717) is 21.5 Å². The molecule has 4 nitrogen and oxygen atoms in total. The third-order valence-corrected chi connectivity index (χ3v) is 5.08. The molecule has 0 spiro atoms. The number of hydrogen-bond donors (Lipinski definition) is 1. The monoisotopic (exact) mass is 368 g/mol. The zero-order valence-corrected chi connectivity index (χ0v) is 14.8. The molecule has 0 bridgehead atoms. The van der Waals surface area contributed by atoms with Crippen LogP contribution in [0.25, 0.3) is 21.0 Å². The Kier molecular flexibility index (Phi) is 4.03. The van der Waals surface area contributed by atoms with Gasteiger partial charge in [-0.3, -0.25) is 10.1 Å². The Balaban J connectivity index is 1.72. The number of carbonyl (C=O) groups is 1. The summed E-state index contributed by atoms with van der Waals surface area (Å²) in [6.07, 6.45) is 0. The van der Waals surface area contributed by atoms with E-state index in [2.05, 4.69) is 16.4 Å². The van der Waals surface area contributed by atoms with Gasteiger partial charge in [-0.1, -0.05) is 53.3 Å². The van der Waals surface area contributed by atoms with Gasteiger partial charge in [-0.25, -0.2) is 4.98 Å². The molecule has 124 valence electrons. The van der Waals surface area contributed by atoms with Crippen molar-refractivity contribution >= 4 is 55.0 Å². The molecule has 6 heteroatoms. The number of thiazole rings is 1. The molecular formula is C19H13ClN2O2S. The highest BCUT2D eigenvalue weighted by Crippen LogP contribution is 2.32. The first kappa shape index (κ1) is 15.9. The third kappa shape index (κ3) is 2.92. The van der Waals surface area contributed by atoms with Gasteiger partial charge >= 0.3 is 0 Å². The van der Waals surface area contributed by atoms with Crippen molar-refractivity contribution in [2.24, 2.45) is 0 Å². The molecule has 3 aromatic carbocycles. The molecule has 0 aliphatic rings. The molecule has 1 aromatic heterocycles. The Morgan fingerprint density at radius 1 is 1.16 bits per heavy atom. The van der Waals surface area contributed by atoms with Gasteiger partial charge in [-0.05, 0) is 29.7 Å². The van der Waals surface area contributed by atoms with E-state index >= 15 is 0 Å². The highest BCUT2D eigenvalue weighted by Gasteiger charge is 2.16. The molecule has 0 aliphatic carbocycles. The summed E-state index contributed by atoms with van der Waals surface area (Å²) in [5, 5.41) is 6.04. The summed E-state index contributed by atoms with van der Waals surface area (Å²) < 4.78 is 6.26. The van der Waals surface area contributed by atoms with Gasteiger partial charge < -0.3 is 4.74 Å². The fourth-order valence-corrected chi connectivity index (χ4v) is 3.79. The number of methoxy groups -OCH3 is 1. The number of anilines is 1. The molecule has 4 aromatic rings. The van der Waals surface area contributed by atoms with Crippen molar-refractivity contribution in [1.82, 2.24) is 4.98 Å². The predicted molar refractivity (Wildman–Crippen MR) is 103 cm³/mol. The molecule has 1 N–H and O–H groups in total. The van der Waals surface area contributed by atoms with E-state index in [4.69, 9.17) is 16.3 Å². The van der Waals surface area contributed by atoms with Gasteiger partial charge in [0, 0.05) is 10.4 Å². The average Bonchev–Trinajstić information content (AvgIpc) is 3.04. The maximum atomic E-state index is 12.6. The minimum Gasteiger partial charge on any atom is -0.496 e. The van der Waals surface area contributed by atoms with Crippen molar-refractivity contribution in [2.75, 3.05) is 12.4 Å². The van der Waals surface area contributed by atoms with Crippen molar-refractivity contribution < 1.29 is 9.53 Å². The van der Waals surface area contributed by atoms with Crippen LogP contribution in [0, 0.1) is 0 Å². The Labute approximate surface area is 153 Å². The summed E-state index contributed by atoms with van der Waals surface area (Å²) in [5.74, 6) is 0.163. The van der Waals surface area contributed by atoms with E-state index in [1.807, 2.05) is 30.3 Å². The second-order valence-electron chi connectivity index (χ2n) is 5.45. The number of nitrogens with zero attached hydrogens (tertiary/aromatic N) is 1. The molecule has 0 atom stereocenters. The van der Waals surface area contributed by atoms with Crippen LogP contribution in [0.4, 0.5) is 5.13 Å². The lowest BCUT2D eigenvalue weighted by Crippen LogP contribution is -2.13. The summed E-state index contributed by atoms with van der Waals surface area (Å²) in [7, 11) is 1.52. The largest absolute Gasteiger partial charge is 0.496 e. The van der Waals surface area contributed by atoms with Gasteiger partial charge in [-0.15, -0.1) is 0 Å². The topological polar surface area (TPSA) is 51.2 Å². The van der Waals surface area contributed by atoms with Crippen LogP contribution in [0.3, 0.4) is 0 Å². The second kappa shape index (κ2) is 6.35. The number of aromatic nitrogens is 1. The van der Waals surface area contributed by atoms with Gasteiger partial charge in [0.15, 0.2) is 5.13 Å². The molecular weight excluding hydrogens is 356 g/mol. The van der Waals surface area contributed by atoms with Crippen LogP contribution < -0.4 is 10.1 Å². The van der Waals surface area contributed by atoms with Crippen LogP contribution in [0.5, 0.6) is 5.75 Å². The summed E-state index contributed by atoms with van der Waals surface area (Å²) in [5.41, 5.74) is 1.26. The molecule has 0 unspecified atom stereocenters. The SMILES string of the molecule is COc1ccc(Cl)cc1C(=O)Nc1nc2c(ccc3ccccc32)s1. The van der Waals surface area contributed by atoms with Crippen molar-refractivity contribution in [3.63, 3.8) is 0 Å². The van der Waals surface area contributed by atoms with Crippen LogP contribution in [0.2, 0.25) is 5.02 Å². The normalized spacial score (nSPS) is 11.0. The van der Waals surface area contributed by atoms with E-state index in [1.165, 1.54) is 18.4 Å². The summed E-state index contributed by atoms with van der Waals surface area (Å²) >= 11 is 7.44. The average molecular weight is 369 g/mol. The van der Waals surface area contributed by atoms with Crippen molar-refractivity contribution in [1.29, 1.82) is 0 Å². The quantitative estimate of drug-likeness (QED) is 0.529. The Morgan fingerprint density at radius 3 is 2.84 bits per heavy atom. The van der Waals surface area contributed by atoms with E-state index in [0.717, 1.165) is 21.0 Å². The van der Waals surface area contributed by atoms with Crippen LogP contribution in [-0.4, -0.2) is 18.0 Å². The molecule has 1 heterocycles. The van der Waals surface area contributed by atoms with Crippen molar-refractivity contribution in [2.45, 2.75) is 0 Å². The van der Waals surface area contributed by atoms with E-state index in [-0.39, 0.29) is 5.91 Å². The third-order valence-electron chi connectivity index (χ3n) is 3.91. The summed E-state index contributed by atoms with van der Waals surface area (Å²) in [4.78, 5) is 17.2. The number of ether oxygens (including phenoxy) is 1. The lowest BCUT2D eigenvalue weighted by molar-refractivity contribution is 0.102. The standard InChI is InChI=1S/C19H13ClN2O2S/c1-24-15-8-7-12(20)10-14(15)18(23)22-19-21-17-13-5-3-2-4-11(13)6-9-16(17)25-19/h2-10H,1H3,(H,21,22,23). The predicted octanol–water partition coefficient (Wildman–Crippen LogP) is 5.36. The van der Waals surface area contributed by atoms with Crippen LogP contribution >= 0.6 is 22.9 Å². The fourth-order valence-electron chi connectivity index (χ4n) is 2.74. The lowest BCUT2D eigenvalue weighted by atomic mass is 10.1. The van der Waals surface area contributed by atoms with Crippen molar-refractivity contribution in [3.05, 3.63) is 65.2 Å². The molecule has 0 saturated carbocycles. The number of rotatable bonds is 3. The zero-order valence-electron chi connectivity index (χ0n) is 13.2. The number of amides is 1. The van der Waals surface area contributed by atoms with Gasteiger partial charge in [0.05, 0.1) is 22.9 Å².